The van der Waals surface area contributed by atoms with Crippen molar-refractivity contribution in [2.75, 3.05) is 0 Å². The number of benzene rings is 1. The van der Waals surface area contributed by atoms with E-state index in [1.54, 1.807) is 30.5 Å². The Balaban J connectivity index is 0.00000341. The quantitative estimate of drug-likeness (QED) is 0.404. The van der Waals surface area contributed by atoms with Gasteiger partial charge < -0.3 is 20.1 Å². The first kappa shape index (κ1) is 23.5. The van der Waals surface area contributed by atoms with Crippen LogP contribution in [0.15, 0.2) is 42.9 Å². The summed E-state index contributed by atoms with van der Waals surface area (Å²) >= 11 is 0. The maximum absolute atomic E-state index is 12.5. The average Bonchev–Trinajstić information content (AvgIpc) is 3.39. The van der Waals surface area contributed by atoms with Crippen molar-refractivity contribution in [1.82, 2.24) is 35.5 Å². The largest absolute Gasteiger partial charge is 0.481 e. The Morgan fingerprint density at radius 3 is 2.68 bits per heavy atom. The molecule has 1 unspecified atom stereocenters. The molecule has 0 aliphatic heterocycles. The summed E-state index contributed by atoms with van der Waals surface area (Å²) in [5.74, 6) is -1.49. The molecule has 0 saturated heterocycles. The lowest BCUT2D eigenvalue weighted by Crippen LogP contribution is -2.44. The molecule has 2 heterocycles. The molecule has 1 aromatic carbocycles. The number of aliphatic carboxylic acids is 1. The molecule has 3 N–H and O–H groups in total. The Morgan fingerprint density at radius 2 is 2.00 bits per heavy atom. The van der Waals surface area contributed by atoms with Gasteiger partial charge in [-0.25, -0.2) is 9.78 Å². The van der Waals surface area contributed by atoms with Crippen molar-refractivity contribution in [3.05, 3.63) is 59.9 Å². The van der Waals surface area contributed by atoms with Gasteiger partial charge in [0.2, 0.25) is 0 Å². The molecule has 2 aromatic heterocycles. The fraction of sp³-hybridized carbons (Fsp3) is 0.278. The van der Waals surface area contributed by atoms with E-state index < -0.39 is 30.3 Å². The predicted molar refractivity (Wildman–Crippen MR) is 107 cm³/mol. The van der Waals surface area contributed by atoms with Crippen LogP contribution < -0.4 is 5.32 Å². The Bertz CT molecular complexity index is 994. The Morgan fingerprint density at radius 1 is 1.23 bits per heavy atom. The van der Waals surface area contributed by atoms with Gasteiger partial charge in [0.1, 0.15) is 19.2 Å². The Kier molecular flexibility index (Phi) is 8.64. The van der Waals surface area contributed by atoms with E-state index >= 15 is 0 Å². The number of carbonyl (C=O) groups excluding carboxylic acids is 2. The second-order valence-corrected chi connectivity index (χ2v) is 6.31. The average molecular weight is 450 g/mol. The minimum Gasteiger partial charge on any atom is -0.481 e. The van der Waals surface area contributed by atoms with E-state index in [2.05, 4.69) is 30.7 Å². The number of aromatic nitrogens is 6. The van der Waals surface area contributed by atoms with Crippen LogP contribution in [0, 0.1) is 0 Å². The first-order chi connectivity index (χ1) is 14.5. The normalized spacial score (nSPS) is 11.2. The summed E-state index contributed by atoms with van der Waals surface area (Å²) in [6, 6.07) is 7.64. The van der Waals surface area contributed by atoms with Gasteiger partial charge >= 0.3 is 12.1 Å². The topological polar surface area (TPSA) is 165 Å². The number of alkyl carbamates (subject to hydrolysis) is 1. The van der Waals surface area contributed by atoms with Crippen molar-refractivity contribution >= 4 is 30.3 Å². The minimum atomic E-state index is -1.30. The van der Waals surface area contributed by atoms with Crippen LogP contribution in [0.5, 0.6) is 0 Å². The number of amides is 1. The molecule has 0 aliphatic rings. The number of tetrazole rings is 1. The number of ether oxygens (including phenoxy) is 1. The molecule has 13 heteroatoms. The molecule has 0 spiro atoms. The van der Waals surface area contributed by atoms with Crippen LogP contribution in [0.25, 0.3) is 0 Å². The minimum absolute atomic E-state index is 0. The monoisotopic (exact) mass is 449 g/mol. The zero-order valence-corrected chi connectivity index (χ0v) is 17.0. The van der Waals surface area contributed by atoms with Crippen LogP contribution in [0.1, 0.15) is 23.5 Å². The first-order valence-electron chi connectivity index (χ1n) is 8.95. The lowest BCUT2D eigenvalue weighted by molar-refractivity contribution is -0.139. The number of rotatable bonds is 10. The summed E-state index contributed by atoms with van der Waals surface area (Å²) in [5.41, 5.74) is 1.53. The zero-order chi connectivity index (χ0) is 21.3. The number of H-pyrrole nitrogens is 1. The van der Waals surface area contributed by atoms with Crippen LogP contribution >= 0.6 is 12.4 Å². The molecule has 0 radical (unpaired) electrons. The lowest BCUT2D eigenvalue weighted by Gasteiger charge is -2.15. The second-order valence-electron chi connectivity index (χ2n) is 6.31. The number of aromatic amines is 1. The van der Waals surface area contributed by atoms with E-state index in [1.165, 1.54) is 6.33 Å². The number of hydrogen-bond acceptors (Lipinski definition) is 8. The molecule has 1 amide bonds. The molecule has 31 heavy (non-hydrogen) atoms. The van der Waals surface area contributed by atoms with E-state index in [9.17, 15) is 14.4 Å². The van der Waals surface area contributed by atoms with Crippen LogP contribution in [0.3, 0.4) is 0 Å². The SMILES string of the molecule is Cl.O=C(O)CC(NC(=O)OCc1ccccc1)C(=O)Cn1nnc(Cc2cnc[nH]2)n1. The summed E-state index contributed by atoms with van der Waals surface area (Å²) in [5, 5.41) is 23.1. The standard InChI is InChI=1S/C18H19N7O5.ClH/c26-15(9-25-23-16(22-24-25)6-13-8-19-11-20-13)14(7-17(27)28)21-18(29)30-10-12-4-2-1-3-5-12;/h1-5,8,11,14H,6-7,9-10H2,(H,19,20)(H,21,29)(H,27,28);1H. The van der Waals surface area contributed by atoms with Gasteiger partial charge in [-0.05, 0) is 10.8 Å². The van der Waals surface area contributed by atoms with Gasteiger partial charge in [0.05, 0.1) is 19.2 Å². The highest BCUT2D eigenvalue weighted by Gasteiger charge is 2.25. The highest BCUT2D eigenvalue weighted by atomic mass is 35.5. The van der Waals surface area contributed by atoms with Gasteiger partial charge in [-0.15, -0.1) is 22.6 Å². The molecule has 0 saturated carbocycles. The summed E-state index contributed by atoms with van der Waals surface area (Å²) in [6.07, 6.45) is 1.97. The van der Waals surface area contributed by atoms with Crippen molar-refractivity contribution < 1.29 is 24.2 Å². The van der Waals surface area contributed by atoms with Crippen LogP contribution in [0.2, 0.25) is 0 Å². The number of halogens is 1. The van der Waals surface area contributed by atoms with Crippen molar-refractivity contribution in [3.63, 3.8) is 0 Å². The number of hydrogen-bond donors (Lipinski definition) is 3. The predicted octanol–water partition coefficient (Wildman–Crippen LogP) is 0.748. The summed E-state index contributed by atoms with van der Waals surface area (Å²) < 4.78 is 5.05. The fourth-order valence-corrected chi connectivity index (χ4v) is 2.54. The number of nitrogens with zero attached hydrogens (tertiary/aromatic N) is 5. The Hall–Kier alpha value is -3.80. The van der Waals surface area contributed by atoms with Gasteiger partial charge in [0.25, 0.3) is 0 Å². The molecule has 0 aliphatic carbocycles. The number of carboxylic acid groups (broad SMARTS) is 1. The molecule has 164 valence electrons. The van der Waals surface area contributed by atoms with Crippen LogP contribution in [-0.4, -0.2) is 59.2 Å². The van der Waals surface area contributed by atoms with Crippen LogP contribution in [-0.2, 0) is 33.9 Å². The fourth-order valence-electron chi connectivity index (χ4n) is 2.54. The molecule has 3 aromatic rings. The number of nitrogens with one attached hydrogen (secondary N) is 2. The van der Waals surface area contributed by atoms with Crippen molar-refractivity contribution in [1.29, 1.82) is 0 Å². The third-order valence-electron chi connectivity index (χ3n) is 3.97. The summed E-state index contributed by atoms with van der Waals surface area (Å²) in [4.78, 5) is 43.4. The van der Waals surface area contributed by atoms with Crippen molar-refractivity contribution in [2.45, 2.75) is 32.0 Å². The maximum Gasteiger partial charge on any atom is 0.408 e. The lowest BCUT2D eigenvalue weighted by atomic mass is 10.1. The van der Waals surface area contributed by atoms with E-state index in [0.717, 1.165) is 16.1 Å². The molecule has 0 bridgehead atoms. The molecular weight excluding hydrogens is 430 g/mol. The first-order valence-corrected chi connectivity index (χ1v) is 8.95. The highest BCUT2D eigenvalue weighted by Crippen LogP contribution is 2.04. The maximum atomic E-state index is 12.5. The van der Waals surface area contributed by atoms with E-state index in [1.807, 2.05) is 6.07 Å². The number of imidazole rings is 1. The number of Topliss-reactive ketones (excluding diaryl/α,β-unsaturated/α-hetero) is 1. The number of ketones is 1. The van der Waals surface area contributed by atoms with E-state index in [4.69, 9.17) is 9.84 Å². The molecule has 0 fully saturated rings. The smallest absolute Gasteiger partial charge is 0.408 e. The van der Waals surface area contributed by atoms with Gasteiger partial charge in [0, 0.05) is 11.9 Å². The van der Waals surface area contributed by atoms with Gasteiger partial charge in [-0.1, -0.05) is 30.3 Å². The third kappa shape index (κ3) is 7.51. The Labute approximate surface area is 182 Å². The number of carboxylic acids is 1. The molecular formula is C18H20ClN7O5. The number of carbonyl (C=O) groups is 3. The van der Waals surface area contributed by atoms with Gasteiger partial charge in [-0.2, -0.15) is 4.80 Å². The zero-order valence-electron chi connectivity index (χ0n) is 16.2. The van der Waals surface area contributed by atoms with E-state index in [0.29, 0.717) is 12.2 Å². The van der Waals surface area contributed by atoms with Gasteiger partial charge in [0.15, 0.2) is 11.6 Å². The summed E-state index contributed by atoms with van der Waals surface area (Å²) in [6.45, 7) is -0.366. The second kappa shape index (κ2) is 11.4. The molecule has 3 rings (SSSR count). The third-order valence-corrected chi connectivity index (χ3v) is 3.97. The van der Waals surface area contributed by atoms with E-state index in [-0.39, 0.29) is 25.6 Å². The highest BCUT2D eigenvalue weighted by molar-refractivity contribution is 5.90. The summed E-state index contributed by atoms with van der Waals surface area (Å²) in [7, 11) is 0. The van der Waals surface area contributed by atoms with Crippen molar-refractivity contribution in [2.24, 2.45) is 0 Å². The molecule has 1 atom stereocenters. The van der Waals surface area contributed by atoms with Gasteiger partial charge in [-0.3, -0.25) is 9.59 Å². The van der Waals surface area contributed by atoms with Crippen molar-refractivity contribution in [3.8, 4) is 0 Å². The van der Waals surface area contributed by atoms with Crippen LogP contribution in [0.4, 0.5) is 4.79 Å². The molecule has 12 nitrogen and oxygen atoms in total.